The van der Waals surface area contributed by atoms with Crippen molar-refractivity contribution in [2.45, 2.75) is 5.03 Å². The molecule has 0 aliphatic carbocycles. The molecule has 70 valence electrons. The molecule has 0 bridgehead atoms. The van der Waals surface area contributed by atoms with E-state index in [2.05, 4.69) is 4.98 Å². The summed E-state index contributed by atoms with van der Waals surface area (Å²) in [6, 6.07) is 0. The Morgan fingerprint density at radius 3 is 2.92 bits per heavy atom. The first-order chi connectivity index (χ1) is 6.00. The predicted molar refractivity (Wildman–Crippen MR) is 47.9 cm³/mol. The van der Waals surface area contributed by atoms with Crippen LogP contribution in [-0.2, 0) is 10.1 Å². The molecule has 2 aromatic heterocycles. The van der Waals surface area contributed by atoms with E-state index in [0.717, 1.165) is 6.20 Å². The number of nitrogens with zero attached hydrogens (tertiary/aromatic N) is 2. The minimum Gasteiger partial charge on any atom is -0.281 e. The largest absolute Gasteiger partial charge is 0.312 e. The molecule has 2 aromatic rings. The Balaban J connectivity index is 2.92. The zero-order chi connectivity index (χ0) is 9.64. The van der Waals surface area contributed by atoms with Gasteiger partial charge in [-0.25, -0.2) is 4.98 Å². The molecule has 13 heavy (non-hydrogen) atoms. The van der Waals surface area contributed by atoms with Gasteiger partial charge in [0.1, 0.15) is 5.15 Å². The summed E-state index contributed by atoms with van der Waals surface area (Å²) in [5, 5.41) is 1.44. The number of imidazole rings is 1. The van der Waals surface area contributed by atoms with E-state index in [4.69, 9.17) is 16.2 Å². The molecule has 0 radical (unpaired) electrons. The van der Waals surface area contributed by atoms with Crippen molar-refractivity contribution in [2.24, 2.45) is 0 Å². The van der Waals surface area contributed by atoms with Crippen molar-refractivity contribution in [3.63, 3.8) is 0 Å². The predicted octanol–water partition coefficient (Wildman–Crippen LogP) is 1.30. The Hall–Kier alpha value is -0.630. The van der Waals surface area contributed by atoms with Gasteiger partial charge >= 0.3 is 10.1 Å². The number of aromatic nitrogens is 2. The number of fused-ring (bicyclic) bond motifs is 1. The molecular weight excluding hydrogens is 236 g/mol. The molecule has 8 heteroatoms. The first-order valence-electron chi connectivity index (χ1n) is 3.08. The second-order valence-corrected chi connectivity index (χ2v) is 4.84. The van der Waals surface area contributed by atoms with Crippen molar-refractivity contribution >= 4 is 38.0 Å². The number of thiazole rings is 1. The number of rotatable bonds is 1. The van der Waals surface area contributed by atoms with Gasteiger partial charge in [0, 0.05) is 5.38 Å². The number of hydrogen-bond donors (Lipinski definition) is 1. The van der Waals surface area contributed by atoms with Crippen LogP contribution < -0.4 is 0 Å². The van der Waals surface area contributed by atoms with Crippen molar-refractivity contribution in [3.8, 4) is 0 Å². The maximum absolute atomic E-state index is 10.8. The smallest absolute Gasteiger partial charge is 0.281 e. The first-order valence-corrected chi connectivity index (χ1v) is 5.78. The van der Waals surface area contributed by atoms with Crippen LogP contribution in [0.25, 0.3) is 4.96 Å². The molecule has 0 saturated carbocycles. The summed E-state index contributed by atoms with van der Waals surface area (Å²) >= 11 is 6.88. The Morgan fingerprint density at radius 1 is 1.62 bits per heavy atom. The summed E-state index contributed by atoms with van der Waals surface area (Å²) in [6.07, 6.45) is 1.06. The van der Waals surface area contributed by atoms with Gasteiger partial charge in [0.2, 0.25) is 0 Å². The lowest BCUT2D eigenvalue weighted by atomic mass is 10.9. The monoisotopic (exact) mass is 238 g/mol. The molecule has 0 saturated heterocycles. The van der Waals surface area contributed by atoms with E-state index >= 15 is 0 Å². The molecule has 1 N–H and O–H groups in total. The van der Waals surface area contributed by atoms with Crippen molar-refractivity contribution in [1.29, 1.82) is 0 Å². The van der Waals surface area contributed by atoms with E-state index in [1.807, 2.05) is 0 Å². The van der Waals surface area contributed by atoms with E-state index < -0.39 is 10.1 Å². The third-order valence-electron chi connectivity index (χ3n) is 1.44. The van der Waals surface area contributed by atoms with Crippen LogP contribution in [-0.4, -0.2) is 22.4 Å². The van der Waals surface area contributed by atoms with Crippen LogP contribution in [0, 0.1) is 0 Å². The first kappa shape index (κ1) is 8.95. The molecule has 0 spiro atoms. The second kappa shape index (κ2) is 2.68. The van der Waals surface area contributed by atoms with Crippen molar-refractivity contribution in [1.82, 2.24) is 9.38 Å². The van der Waals surface area contributed by atoms with Crippen LogP contribution in [0.3, 0.4) is 0 Å². The normalized spacial score (nSPS) is 12.5. The lowest BCUT2D eigenvalue weighted by Gasteiger charge is -1.93. The van der Waals surface area contributed by atoms with Crippen LogP contribution >= 0.6 is 22.9 Å². The molecule has 0 fully saturated rings. The van der Waals surface area contributed by atoms with Crippen LogP contribution in [0.4, 0.5) is 0 Å². The van der Waals surface area contributed by atoms with Crippen LogP contribution in [0.1, 0.15) is 0 Å². The van der Waals surface area contributed by atoms with Crippen LogP contribution in [0.5, 0.6) is 0 Å². The number of halogens is 1. The fraction of sp³-hybridized carbons (Fsp3) is 0. The summed E-state index contributed by atoms with van der Waals surface area (Å²) in [7, 11) is -4.26. The van der Waals surface area contributed by atoms with E-state index in [1.165, 1.54) is 15.7 Å². The van der Waals surface area contributed by atoms with Gasteiger partial charge in [-0.1, -0.05) is 11.6 Å². The summed E-state index contributed by atoms with van der Waals surface area (Å²) in [5.74, 6) is 0. The maximum Gasteiger partial charge on any atom is 0.312 e. The summed E-state index contributed by atoms with van der Waals surface area (Å²) < 4.78 is 31.5. The highest BCUT2D eigenvalue weighted by atomic mass is 35.5. The van der Waals surface area contributed by atoms with Crippen molar-refractivity contribution in [3.05, 3.63) is 16.7 Å². The lowest BCUT2D eigenvalue weighted by molar-refractivity contribution is 0.478. The van der Waals surface area contributed by atoms with E-state index in [-0.39, 0.29) is 10.2 Å². The van der Waals surface area contributed by atoms with Gasteiger partial charge in [0.25, 0.3) is 0 Å². The molecule has 0 aliphatic rings. The summed E-state index contributed by atoms with van der Waals surface area (Å²) in [6.45, 7) is 0. The quantitative estimate of drug-likeness (QED) is 0.760. The molecule has 2 heterocycles. The molecular formula is C5H3ClN2O3S2. The van der Waals surface area contributed by atoms with Gasteiger partial charge in [0.05, 0.1) is 6.20 Å². The topological polar surface area (TPSA) is 71.7 Å². The van der Waals surface area contributed by atoms with Crippen molar-refractivity contribution < 1.29 is 13.0 Å². The Labute approximate surface area is 82.3 Å². The summed E-state index contributed by atoms with van der Waals surface area (Å²) in [4.78, 5) is 4.19. The molecule has 2 rings (SSSR count). The zero-order valence-electron chi connectivity index (χ0n) is 6.01. The SMILES string of the molecule is O=S(=O)(O)c1cnc2scc(Cl)n12. The number of hydrogen-bond acceptors (Lipinski definition) is 4. The molecule has 0 amide bonds. The maximum atomic E-state index is 10.8. The average Bonchev–Trinajstić information content (AvgIpc) is 2.51. The second-order valence-electron chi connectivity index (χ2n) is 2.25. The van der Waals surface area contributed by atoms with Gasteiger partial charge in [-0.15, -0.1) is 11.3 Å². The average molecular weight is 239 g/mol. The zero-order valence-corrected chi connectivity index (χ0v) is 8.40. The minimum atomic E-state index is -4.26. The van der Waals surface area contributed by atoms with Crippen LogP contribution in [0.2, 0.25) is 5.15 Å². The van der Waals surface area contributed by atoms with Gasteiger partial charge in [0.15, 0.2) is 9.99 Å². The van der Waals surface area contributed by atoms with E-state index in [1.54, 1.807) is 5.38 Å². The van der Waals surface area contributed by atoms with Crippen LogP contribution in [0.15, 0.2) is 16.6 Å². The molecule has 0 unspecified atom stereocenters. The highest BCUT2D eigenvalue weighted by Crippen LogP contribution is 2.23. The highest BCUT2D eigenvalue weighted by molar-refractivity contribution is 7.85. The molecule has 0 aromatic carbocycles. The van der Waals surface area contributed by atoms with Gasteiger partial charge in [-0.2, -0.15) is 8.42 Å². The molecule has 0 atom stereocenters. The molecule has 0 aliphatic heterocycles. The fourth-order valence-electron chi connectivity index (χ4n) is 0.936. The van der Waals surface area contributed by atoms with Gasteiger partial charge in [-0.05, 0) is 0 Å². The van der Waals surface area contributed by atoms with E-state index in [9.17, 15) is 8.42 Å². The lowest BCUT2D eigenvalue weighted by Crippen LogP contribution is -2.01. The van der Waals surface area contributed by atoms with Gasteiger partial charge < -0.3 is 0 Å². The Kier molecular flexibility index (Phi) is 1.84. The van der Waals surface area contributed by atoms with Crippen molar-refractivity contribution in [2.75, 3.05) is 0 Å². The third kappa shape index (κ3) is 1.33. The highest BCUT2D eigenvalue weighted by Gasteiger charge is 2.18. The minimum absolute atomic E-state index is 0.213. The Morgan fingerprint density at radius 2 is 2.31 bits per heavy atom. The summed E-state index contributed by atoms with van der Waals surface area (Å²) in [5.41, 5.74) is 0. The van der Waals surface area contributed by atoms with E-state index in [0.29, 0.717) is 4.96 Å². The fourth-order valence-corrected chi connectivity index (χ4v) is 2.72. The Bertz CT molecular complexity index is 555. The third-order valence-corrected chi connectivity index (χ3v) is 3.50. The van der Waals surface area contributed by atoms with Gasteiger partial charge in [-0.3, -0.25) is 8.95 Å². The standard InChI is InChI=1S/C5H3ClN2O3S2/c6-3-2-12-5-7-1-4(8(3)5)13(9,10)11/h1-2H,(H,9,10,11). The molecule has 5 nitrogen and oxygen atoms in total.